The minimum Gasteiger partial charge on any atom is -0.345 e. The number of nitrogens with zero attached hydrogens (tertiary/aromatic N) is 3. The Morgan fingerprint density at radius 1 is 1.25 bits per heavy atom. The van der Waals surface area contributed by atoms with Crippen molar-refractivity contribution in [2.75, 3.05) is 31.1 Å². The Balaban J connectivity index is 1.70. The Kier molecular flexibility index (Phi) is 4.71. The van der Waals surface area contributed by atoms with Crippen LogP contribution in [-0.4, -0.2) is 47.0 Å². The van der Waals surface area contributed by atoms with Gasteiger partial charge in [0.25, 0.3) is 5.91 Å². The van der Waals surface area contributed by atoms with Gasteiger partial charge in [-0.15, -0.1) is 11.3 Å². The fourth-order valence-electron chi connectivity index (χ4n) is 2.77. The Labute approximate surface area is 145 Å². The van der Waals surface area contributed by atoms with E-state index in [1.54, 1.807) is 17.4 Å². The van der Waals surface area contributed by atoms with Crippen LogP contribution in [0, 0.1) is 6.92 Å². The number of piperazine rings is 1. The lowest BCUT2D eigenvalue weighted by Gasteiger charge is -2.34. The predicted molar refractivity (Wildman–Crippen MR) is 96.1 cm³/mol. The third-order valence-electron chi connectivity index (χ3n) is 4.18. The average Bonchev–Trinajstić information content (AvgIpc) is 3.00. The standard InChI is InChI=1S/C17H22N4O2S/c1-11(2)14-8-13(9-15(22)19-14)16(23)20-4-6-21(7-5-20)17-18-12(3)10-24-17/h8-11H,4-7H2,1-3H3,(H,19,22). The van der Waals surface area contributed by atoms with E-state index in [0.29, 0.717) is 18.7 Å². The molecule has 128 valence electrons. The second-order valence-electron chi connectivity index (χ2n) is 6.39. The first-order valence-electron chi connectivity index (χ1n) is 8.14. The molecule has 2 aromatic heterocycles. The summed E-state index contributed by atoms with van der Waals surface area (Å²) in [7, 11) is 0. The van der Waals surface area contributed by atoms with Crippen LogP contribution < -0.4 is 10.5 Å². The molecule has 6 nitrogen and oxygen atoms in total. The van der Waals surface area contributed by atoms with Crippen LogP contribution in [-0.2, 0) is 0 Å². The summed E-state index contributed by atoms with van der Waals surface area (Å²) in [5.41, 5.74) is 2.07. The van der Waals surface area contributed by atoms with E-state index in [9.17, 15) is 9.59 Å². The lowest BCUT2D eigenvalue weighted by molar-refractivity contribution is 0.0746. The van der Waals surface area contributed by atoms with Crippen LogP contribution in [0.3, 0.4) is 0 Å². The molecule has 0 saturated carbocycles. The number of thiazole rings is 1. The molecule has 0 atom stereocenters. The van der Waals surface area contributed by atoms with Gasteiger partial charge >= 0.3 is 0 Å². The van der Waals surface area contributed by atoms with Crippen molar-refractivity contribution in [3.63, 3.8) is 0 Å². The highest BCUT2D eigenvalue weighted by Crippen LogP contribution is 2.22. The summed E-state index contributed by atoms with van der Waals surface area (Å²) in [6, 6.07) is 3.19. The summed E-state index contributed by atoms with van der Waals surface area (Å²) in [6.45, 7) is 8.78. The fourth-order valence-corrected chi connectivity index (χ4v) is 3.63. The van der Waals surface area contributed by atoms with Gasteiger partial charge in [0.15, 0.2) is 5.13 Å². The second-order valence-corrected chi connectivity index (χ2v) is 7.23. The molecule has 0 bridgehead atoms. The van der Waals surface area contributed by atoms with Gasteiger partial charge in [0.05, 0.1) is 5.69 Å². The van der Waals surface area contributed by atoms with E-state index in [4.69, 9.17) is 0 Å². The largest absolute Gasteiger partial charge is 0.345 e. The second kappa shape index (κ2) is 6.76. The zero-order chi connectivity index (χ0) is 17.3. The minimum atomic E-state index is -0.221. The van der Waals surface area contributed by atoms with Gasteiger partial charge in [-0.3, -0.25) is 9.59 Å². The molecule has 3 rings (SSSR count). The van der Waals surface area contributed by atoms with Gasteiger partial charge in [0, 0.05) is 48.9 Å². The van der Waals surface area contributed by atoms with Crippen molar-refractivity contribution >= 4 is 22.4 Å². The number of aromatic amines is 1. The Hall–Kier alpha value is -2.15. The highest BCUT2D eigenvalue weighted by atomic mass is 32.1. The van der Waals surface area contributed by atoms with Gasteiger partial charge in [-0.1, -0.05) is 13.8 Å². The van der Waals surface area contributed by atoms with E-state index in [-0.39, 0.29) is 17.4 Å². The lowest BCUT2D eigenvalue weighted by atomic mass is 10.1. The summed E-state index contributed by atoms with van der Waals surface area (Å²) in [5.74, 6) is 0.105. The van der Waals surface area contributed by atoms with Gasteiger partial charge < -0.3 is 14.8 Å². The molecule has 1 amide bonds. The number of aromatic nitrogens is 2. The minimum absolute atomic E-state index is 0.0713. The van der Waals surface area contributed by atoms with E-state index < -0.39 is 0 Å². The zero-order valence-corrected chi connectivity index (χ0v) is 15.0. The summed E-state index contributed by atoms with van der Waals surface area (Å²) in [6.07, 6.45) is 0. The first kappa shape index (κ1) is 16.7. The van der Waals surface area contributed by atoms with Crippen LogP contribution in [0.1, 0.15) is 41.5 Å². The highest BCUT2D eigenvalue weighted by molar-refractivity contribution is 7.13. The number of hydrogen-bond donors (Lipinski definition) is 1. The van der Waals surface area contributed by atoms with Crippen molar-refractivity contribution < 1.29 is 4.79 Å². The zero-order valence-electron chi connectivity index (χ0n) is 14.2. The van der Waals surface area contributed by atoms with E-state index in [1.165, 1.54) is 6.07 Å². The number of H-pyrrole nitrogens is 1. The first-order chi connectivity index (χ1) is 11.4. The van der Waals surface area contributed by atoms with Crippen molar-refractivity contribution in [2.24, 2.45) is 0 Å². The molecular weight excluding hydrogens is 324 g/mol. The van der Waals surface area contributed by atoms with E-state index >= 15 is 0 Å². The van der Waals surface area contributed by atoms with Crippen LogP contribution in [0.4, 0.5) is 5.13 Å². The quantitative estimate of drug-likeness (QED) is 0.925. The van der Waals surface area contributed by atoms with Crippen LogP contribution in [0.25, 0.3) is 0 Å². The molecule has 1 aliphatic rings. The summed E-state index contributed by atoms with van der Waals surface area (Å²) in [4.78, 5) is 35.8. The van der Waals surface area contributed by atoms with Crippen LogP contribution in [0.2, 0.25) is 0 Å². The number of hydrogen-bond acceptors (Lipinski definition) is 5. The number of anilines is 1. The van der Waals surface area contributed by atoms with Crippen molar-refractivity contribution in [1.29, 1.82) is 0 Å². The van der Waals surface area contributed by atoms with Crippen molar-refractivity contribution in [1.82, 2.24) is 14.9 Å². The molecule has 0 aromatic carbocycles. The molecule has 1 fully saturated rings. The monoisotopic (exact) mass is 346 g/mol. The number of carbonyl (C=O) groups excluding carboxylic acids is 1. The Morgan fingerprint density at radius 2 is 1.96 bits per heavy atom. The summed E-state index contributed by atoms with van der Waals surface area (Å²) >= 11 is 1.64. The molecule has 0 aliphatic carbocycles. The number of amides is 1. The topological polar surface area (TPSA) is 69.3 Å². The number of nitrogens with one attached hydrogen (secondary N) is 1. The maximum absolute atomic E-state index is 12.7. The van der Waals surface area contributed by atoms with Gasteiger partial charge in [-0.2, -0.15) is 0 Å². The van der Waals surface area contributed by atoms with Gasteiger partial charge in [0.2, 0.25) is 5.56 Å². The van der Waals surface area contributed by atoms with Gasteiger partial charge in [0.1, 0.15) is 0 Å². The maximum atomic E-state index is 12.7. The molecule has 0 unspecified atom stereocenters. The van der Waals surface area contributed by atoms with Crippen molar-refractivity contribution in [2.45, 2.75) is 26.7 Å². The number of pyridine rings is 1. The number of carbonyl (C=O) groups is 1. The van der Waals surface area contributed by atoms with Crippen LogP contribution in [0.15, 0.2) is 22.3 Å². The third-order valence-corrected chi connectivity index (χ3v) is 5.20. The molecule has 0 spiro atoms. The van der Waals surface area contributed by atoms with E-state index in [0.717, 1.165) is 29.6 Å². The predicted octanol–water partition coefficient (Wildman–Crippen LogP) is 2.23. The molecule has 24 heavy (non-hydrogen) atoms. The smallest absolute Gasteiger partial charge is 0.254 e. The van der Waals surface area contributed by atoms with Gasteiger partial charge in [-0.25, -0.2) is 4.98 Å². The Bertz CT molecular complexity index is 788. The molecule has 3 heterocycles. The highest BCUT2D eigenvalue weighted by Gasteiger charge is 2.24. The van der Waals surface area contributed by atoms with E-state index in [2.05, 4.69) is 14.9 Å². The molecule has 0 radical (unpaired) electrons. The molecule has 7 heteroatoms. The molecule has 2 aromatic rings. The molecular formula is C17H22N4O2S. The summed E-state index contributed by atoms with van der Waals surface area (Å²) < 4.78 is 0. The molecule has 1 aliphatic heterocycles. The number of aryl methyl sites for hydroxylation is 1. The SMILES string of the molecule is Cc1csc(N2CCN(C(=O)c3cc(C(C)C)[nH]c(=O)c3)CC2)n1. The maximum Gasteiger partial charge on any atom is 0.254 e. The van der Waals surface area contributed by atoms with E-state index in [1.807, 2.05) is 31.1 Å². The summed E-state index contributed by atoms with van der Waals surface area (Å²) in [5, 5.41) is 3.05. The molecule has 1 saturated heterocycles. The fraction of sp³-hybridized carbons (Fsp3) is 0.471. The molecule has 1 N–H and O–H groups in total. The lowest BCUT2D eigenvalue weighted by Crippen LogP contribution is -2.49. The van der Waals surface area contributed by atoms with Crippen molar-refractivity contribution in [3.05, 3.63) is 44.8 Å². The van der Waals surface area contributed by atoms with Crippen LogP contribution >= 0.6 is 11.3 Å². The first-order valence-corrected chi connectivity index (χ1v) is 9.02. The average molecular weight is 346 g/mol. The van der Waals surface area contributed by atoms with Crippen molar-refractivity contribution in [3.8, 4) is 0 Å². The van der Waals surface area contributed by atoms with Gasteiger partial charge in [-0.05, 0) is 18.9 Å². The number of rotatable bonds is 3. The third kappa shape index (κ3) is 3.51. The van der Waals surface area contributed by atoms with Crippen LogP contribution in [0.5, 0.6) is 0 Å². The normalized spacial score (nSPS) is 15.2. The Morgan fingerprint density at radius 3 is 2.54 bits per heavy atom.